The van der Waals surface area contributed by atoms with E-state index in [4.69, 9.17) is 0 Å². The molecule has 0 radical (unpaired) electrons. The largest absolute Gasteiger partial charge is 0.319 e. The first-order chi connectivity index (χ1) is 14.5. The van der Waals surface area contributed by atoms with Crippen molar-refractivity contribution in [2.45, 2.75) is 0 Å². The van der Waals surface area contributed by atoms with Gasteiger partial charge in [0.25, 0.3) is 11.5 Å². The fourth-order valence-corrected chi connectivity index (χ4v) is 3.14. The van der Waals surface area contributed by atoms with Crippen LogP contribution in [0.5, 0.6) is 0 Å². The van der Waals surface area contributed by atoms with Crippen LogP contribution in [0.3, 0.4) is 0 Å². The number of halogens is 2. The highest BCUT2D eigenvalue weighted by atomic mass is 19.1. The number of rotatable bonds is 4. The lowest BCUT2D eigenvalue weighted by Crippen LogP contribution is -2.26. The van der Waals surface area contributed by atoms with Gasteiger partial charge < -0.3 is 5.32 Å². The lowest BCUT2D eigenvalue weighted by molar-refractivity contribution is 0.102. The number of anilines is 1. The van der Waals surface area contributed by atoms with Crippen LogP contribution < -0.4 is 10.9 Å². The van der Waals surface area contributed by atoms with Crippen molar-refractivity contribution in [1.82, 2.24) is 10.2 Å². The first kappa shape index (κ1) is 19.2. The number of H-pyrrole nitrogens is 1. The Morgan fingerprint density at radius 3 is 2.17 bits per heavy atom. The van der Waals surface area contributed by atoms with Gasteiger partial charge in [0.2, 0.25) is 0 Å². The Labute approximate surface area is 170 Å². The number of hydrogen-bond acceptors (Lipinski definition) is 3. The Morgan fingerprint density at radius 1 is 0.867 bits per heavy atom. The molecule has 5 nitrogen and oxygen atoms in total. The van der Waals surface area contributed by atoms with Crippen LogP contribution in [0.25, 0.3) is 22.4 Å². The summed E-state index contributed by atoms with van der Waals surface area (Å²) in [5.74, 6) is -2.41. The zero-order chi connectivity index (χ0) is 21.1. The Kier molecular flexibility index (Phi) is 5.17. The van der Waals surface area contributed by atoms with Gasteiger partial charge in [-0.05, 0) is 17.7 Å². The van der Waals surface area contributed by atoms with Crippen molar-refractivity contribution in [2.75, 3.05) is 5.32 Å². The molecule has 0 spiro atoms. The molecule has 0 saturated heterocycles. The van der Waals surface area contributed by atoms with Gasteiger partial charge >= 0.3 is 0 Å². The van der Waals surface area contributed by atoms with Crippen molar-refractivity contribution in [3.05, 3.63) is 106 Å². The molecule has 0 unspecified atom stereocenters. The Hall–Kier alpha value is -4.13. The van der Waals surface area contributed by atoms with E-state index in [1.165, 1.54) is 0 Å². The molecule has 0 aliphatic carbocycles. The molecule has 0 aliphatic rings. The van der Waals surface area contributed by atoms with Crippen molar-refractivity contribution in [3.8, 4) is 22.4 Å². The number of hydrogen-bond donors (Lipinski definition) is 2. The third kappa shape index (κ3) is 3.73. The molecule has 30 heavy (non-hydrogen) atoms. The van der Waals surface area contributed by atoms with Gasteiger partial charge in [-0.15, -0.1) is 0 Å². The van der Waals surface area contributed by atoms with Gasteiger partial charge in [-0.2, -0.15) is 5.10 Å². The zero-order valence-electron chi connectivity index (χ0n) is 15.5. The predicted molar refractivity (Wildman–Crippen MR) is 110 cm³/mol. The standard InChI is InChI=1S/C23H15F2N3O2/c24-16-11-12-17(25)18(13-16)26-22(29)20-19(14-7-3-1-4-8-14)21(27-28-23(20)30)15-9-5-2-6-10-15/h1-13H,(H,26,29)(H,28,30). The Balaban J connectivity index is 1.92. The number of carbonyl (C=O) groups excluding carboxylic acids is 1. The minimum Gasteiger partial charge on any atom is -0.319 e. The van der Waals surface area contributed by atoms with Gasteiger partial charge in [0.15, 0.2) is 0 Å². The fourth-order valence-electron chi connectivity index (χ4n) is 3.14. The van der Waals surface area contributed by atoms with E-state index in [1.54, 1.807) is 54.6 Å². The van der Waals surface area contributed by atoms with E-state index in [2.05, 4.69) is 15.5 Å². The molecule has 1 aromatic heterocycles. The van der Waals surface area contributed by atoms with E-state index >= 15 is 0 Å². The summed E-state index contributed by atoms with van der Waals surface area (Å²) in [5.41, 5.74) is 0.572. The summed E-state index contributed by atoms with van der Waals surface area (Å²) in [5, 5.41) is 8.79. The fraction of sp³-hybridized carbons (Fsp3) is 0. The van der Waals surface area contributed by atoms with E-state index in [0.717, 1.165) is 18.2 Å². The smallest absolute Gasteiger partial charge is 0.277 e. The van der Waals surface area contributed by atoms with Crippen LogP contribution in [0.1, 0.15) is 10.4 Å². The first-order valence-corrected chi connectivity index (χ1v) is 9.04. The van der Waals surface area contributed by atoms with Crippen molar-refractivity contribution < 1.29 is 13.6 Å². The van der Waals surface area contributed by atoms with E-state index < -0.39 is 23.1 Å². The van der Waals surface area contributed by atoms with Crippen molar-refractivity contribution in [1.29, 1.82) is 0 Å². The van der Waals surface area contributed by atoms with Gasteiger partial charge in [-0.25, -0.2) is 13.9 Å². The van der Waals surface area contributed by atoms with Crippen molar-refractivity contribution in [2.24, 2.45) is 0 Å². The van der Waals surface area contributed by atoms with Crippen molar-refractivity contribution in [3.63, 3.8) is 0 Å². The number of nitrogens with one attached hydrogen (secondary N) is 2. The van der Waals surface area contributed by atoms with Crippen LogP contribution in [0, 0.1) is 11.6 Å². The minimum atomic E-state index is -0.876. The van der Waals surface area contributed by atoms with Crippen LogP contribution >= 0.6 is 0 Å². The molecule has 3 aromatic carbocycles. The van der Waals surface area contributed by atoms with Crippen LogP contribution in [0.4, 0.5) is 14.5 Å². The zero-order valence-corrected chi connectivity index (χ0v) is 15.5. The summed E-state index contributed by atoms with van der Waals surface area (Å²) in [4.78, 5) is 25.7. The van der Waals surface area contributed by atoms with Gasteiger partial charge in [-0.1, -0.05) is 60.7 Å². The third-order valence-corrected chi connectivity index (χ3v) is 4.50. The molecule has 1 amide bonds. The molecule has 0 bridgehead atoms. The molecule has 0 saturated carbocycles. The monoisotopic (exact) mass is 403 g/mol. The van der Waals surface area contributed by atoms with Gasteiger partial charge in [0.1, 0.15) is 17.2 Å². The molecule has 148 valence electrons. The number of nitrogens with zero attached hydrogens (tertiary/aromatic N) is 1. The van der Waals surface area contributed by atoms with Crippen LogP contribution in [0.2, 0.25) is 0 Å². The van der Waals surface area contributed by atoms with Crippen LogP contribution in [-0.2, 0) is 0 Å². The SMILES string of the molecule is O=C(Nc1cc(F)ccc1F)c1c(-c2ccccc2)c(-c2ccccc2)n[nH]c1=O. The summed E-state index contributed by atoms with van der Waals surface area (Å²) in [6.07, 6.45) is 0. The average molecular weight is 403 g/mol. The normalized spacial score (nSPS) is 10.6. The van der Waals surface area contributed by atoms with Crippen LogP contribution in [0.15, 0.2) is 83.7 Å². The first-order valence-electron chi connectivity index (χ1n) is 9.04. The highest BCUT2D eigenvalue weighted by Crippen LogP contribution is 2.32. The molecular weight excluding hydrogens is 388 g/mol. The molecular formula is C23H15F2N3O2. The van der Waals surface area contributed by atoms with Gasteiger partial charge in [0, 0.05) is 17.2 Å². The topological polar surface area (TPSA) is 74.8 Å². The molecule has 0 aliphatic heterocycles. The molecule has 1 heterocycles. The molecule has 4 aromatic rings. The second-order valence-corrected chi connectivity index (χ2v) is 6.46. The quantitative estimate of drug-likeness (QED) is 0.522. The van der Waals surface area contributed by atoms with Gasteiger partial charge in [-0.3, -0.25) is 9.59 Å². The van der Waals surface area contributed by atoms with E-state index in [9.17, 15) is 18.4 Å². The number of amides is 1. The lowest BCUT2D eigenvalue weighted by atomic mass is 9.95. The maximum Gasteiger partial charge on any atom is 0.277 e. The summed E-state index contributed by atoms with van der Waals surface area (Å²) in [6.45, 7) is 0. The van der Waals surface area contributed by atoms with E-state index in [0.29, 0.717) is 22.4 Å². The molecule has 0 fully saturated rings. The Morgan fingerprint density at radius 2 is 1.50 bits per heavy atom. The van der Waals surface area contributed by atoms with E-state index in [1.807, 2.05) is 6.07 Å². The van der Waals surface area contributed by atoms with Crippen molar-refractivity contribution >= 4 is 11.6 Å². The molecule has 4 rings (SSSR count). The maximum atomic E-state index is 14.0. The third-order valence-electron chi connectivity index (χ3n) is 4.50. The molecule has 0 atom stereocenters. The molecule has 2 N–H and O–H groups in total. The minimum absolute atomic E-state index is 0.251. The number of aromatic nitrogens is 2. The highest BCUT2D eigenvalue weighted by Gasteiger charge is 2.23. The van der Waals surface area contributed by atoms with Crippen LogP contribution in [-0.4, -0.2) is 16.1 Å². The second-order valence-electron chi connectivity index (χ2n) is 6.46. The van der Waals surface area contributed by atoms with Gasteiger partial charge in [0.05, 0.1) is 11.4 Å². The Bertz CT molecular complexity index is 1270. The number of benzene rings is 3. The predicted octanol–water partition coefficient (Wildman–Crippen LogP) is 4.63. The number of aromatic amines is 1. The average Bonchev–Trinajstić information content (AvgIpc) is 2.77. The summed E-state index contributed by atoms with van der Waals surface area (Å²) < 4.78 is 27.5. The summed E-state index contributed by atoms with van der Waals surface area (Å²) >= 11 is 0. The summed E-state index contributed by atoms with van der Waals surface area (Å²) in [7, 11) is 0. The highest BCUT2D eigenvalue weighted by molar-refractivity contribution is 6.10. The maximum absolute atomic E-state index is 14.0. The lowest BCUT2D eigenvalue weighted by Gasteiger charge is -2.14. The number of carbonyl (C=O) groups is 1. The summed E-state index contributed by atoms with van der Waals surface area (Å²) in [6, 6.07) is 20.5. The molecule has 7 heteroatoms. The second kappa shape index (κ2) is 8.08. The van der Waals surface area contributed by atoms with E-state index in [-0.39, 0.29) is 11.3 Å².